The number of nitrogens with zero attached hydrogens (tertiary/aromatic N) is 2. The van der Waals surface area contributed by atoms with Gasteiger partial charge in [0.2, 0.25) is 0 Å². The van der Waals surface area contributed by atoms with E-state index in [0.717, 1.165) is 31.5 Å². The Labute approximate surface area is 123 Å². The Morgan fingerprint density at radius 1 is 1.30 bits per heavy atom. The van der Waals surface area contributed by atoms with Crippen LogP contribution in [0.25, 0.3) is 0 Å². The zero-order valence-electron chi connectivity index (χ0n) is 14.0. The molecule has 1 aromatic heterocycles. The monoisotopic (exact) mass is 281 g/mol. The number of aliphatic hydroxyl groups excluding tert-OH is 1. The van der Waals surface area contributed by atoms with E-state index in [4.69, 9.17) is 0 Å². The molecule has 0 aliphatic rings. The van der Waals surface area contributed by atoms with E-state index in [1.807, 2.05) is 0 Å². The maximum Gasteiger partial charge on any atom is 0.0625 e. The molecule has 0 aliphatic heterocycles. The van der Waals surface area contributed by atoms with Crippen molar-refractivity contribution in [1.29, 1.82) is 0 Å². The van der Waals surface area contributed by atoms with Crippen LogP contribution < -0.4 is 5.32 Å². The maximum atomic E-state index is 9.74. The largest absolute Gasteiger partial charge is 0.394 e. The predicted molar refractivity (Wildman–Crippen MR) is 84.1 cm³/mol. The molecule has 1 atom stereocenters. The van der Waals surface area contributed by atoms with Crippen molar-refractivity contribution >= 4 is 0 Å². The maximum absolute atomic E-state index is 9.74. The van der Waals surface area contributed by atoms with Gasteiger partial charge in [0.1, 0.15) is 0 Å². The van der Waals surface area contributed by atoms with Crippen LogP contribution in [0.5, 0.6) is 0 Å². The van der Waals surface area contributed by atoms with Crippen LogP contribution in [0.3, 0.4) is 0 Å². The van der Waals surface area contributed by atoms with Crippen molar-refractivity contribution in [2.45, 2.75) is 78.9 Å². The summed E-state index contributed by atoms with van der Waals surface area (Å²) in [6.07, 6.45) is 2.93. The lowest BCUT2D eigenvalue weighted by atomic mass is 9.90. The summed E-state index contributed by atoms with van der Waals surface area (Å²) in [6.45, 7) is 13.8. The summed E-state index contributed by atoms with van der Waals surface area (Å²) >= 11 is 0. The molecular formula is C16H31N3O. The summed E-state index contributed by atoms with van der Waals surface area (Å²) in [6, 6.07) is 0.387. The summed E-state index contributed by atoms with van der Waals surface area (Å²) in [5.41, 5.74) is 3.51. The van der Waals surface area contributed by atoms with Gasteiger partial charge in [-0.3, -0.25) is 4.68 Å². The third-order valence-electron chi connectivity index (χ3n) is 4.34. The molecule has 2 N–H and O–H groups in total. The second-order valence-electron chi connectivity index (χ2n) is 6.21. The van der Waals surface area contributed by atoms with Crippen molar-refractivity contribution in [3.63, 3.8) is 0 Å². The Bertz CT molecular complexity index is 420. The van der Waals surface area contributed by atoms with Crippen LogP contribution in [0, 0.1) is 20.8 Å². The number of hydrogen-bond acceptors (Lipinski definition) is 3. The summed E-state index contributed by atoms with van der Waals surface area (Å²) in [5, 5.41) is 17.8. The van der Waals surface area contributed by atoms with Gasteiger partial charge in [-0.1, -0.05) is 20.8 Å². The van der Waals surface area contributed by atoms with E-state index in [2.05, 4.69) is 56.6 Å². The highest BCUT2D eigenvalue weighted by Gasteiger charge is 2.27. The lowest BCUT2D eigenvalue weighted by Gasteiger charge is -2.34. The average molecular weight is 281 g/mol. The van der Waals surface area contributed by atoms with Crippen LogP contribution in [0.2, 0.25) is 0 Å². The van der Waals surface area contributed by atoms with Gasteiger partial charge in [-0.15, -0.1) is 0 Å². The van der Waals surface area contributed by atoms with Crippen LogP contribution in [0.15, 0.2) is 0 Å². The number of rotatable bonds is 8. The fourth-order valence-corrected chi connectivity index (χ4v) is 2.77. The Hall–Kier alpha value is -0.870. The smallest absolute Gasteiger partial charge is 0.0625 e. The Morgan fingerprint density at radius 2 is 1.95 bits per heavy atom. The molecule has 0 amide bonds. The van der Waals surface area contributed by atoms with Gasteiger partial charge in [-0.25, -0.2) is 0 Å². The van der Waals surface area contributed by atoms with Crippen LogP contribution in [-0.2, 0) is 6.54 Å². The first-order chi connectivity index (χ1) is 9.35. The standard InChI is InChI=1S/C16H31N3O/c1-7-16(11-20,17-12(2)3)9-8-10-19-15(6)13(4)14(5)18-19/h12,17,20H,7-11H2,1-6H3. The minimum Gasteiger partial charge on any atom is -0.394 e. The third kappa shape index (κ3) is 4.06. The normalized spacial score (nSPS) is 14.8. The minimum atomic E-state index is -0.153. The molecule has 0 fully saturated rings. The summed E-state index contributed by atoms with van der Waals surface area (Å²) in [7, 11) is 0. The van der Waals surface area contributed by atoms with Crippen LogP contribution in [0.4, 0.5) is 0 Å². The van der Waals surface area contributed by atoms with Crippen LogP contribution >= 0.6 is 0 Å². The highest BCUT2D eigenvalue weighted by Crippen LogP contribution is 2.19. The van der Waals surface area contributed by atoms with Crippen molar-refractivity contribution < 1.29 is 5.11 Å². The Balaban J connectivity index is 2.62. The van der Waals surface area contributed by atoms with Gasteiger partial charge >= 0.3 is 0 Å². The molecule has 0 aromatic carbocycles. The zero-order valence-corrected chi connectivity index (χ0v) is 14.0. The zero-order chi connectivity index (χ0) is 15.3. The van der Waals surface area contributed by atoms with E-state index in [1.54, 1.807) is 0 Å². The minimum absolute atomic E-state index is 0.153. The number of aliphatic hydroxyl groups is 1. The molecule has 20 heavy (non-hydrogen) atoms. The van der Waals surface area contributed by atoms with Gasteiger partial charge in [0, 0.05) is 23.8 Å². The quantitative estimate of drug-likeness (QED) is 0.770. The second-order valence-corrected chi connectivity index (χ2v) is 6.21. The molecule has 0 saturated carbocycles. The topological polar surface area (TPSA) is 50.1 Å². The van der Waals surface area contributed by atoms with Crippen LogP contribution in [-0.4, -0.2) is 33.1 Å². The molecular weight excluding hydrogens is 250 g/mol. The Kier molecular flexibility index (Phi) is 6.21. The van der Waals surface area contributed by atoms with Crippen molar-refractivity contribution in [2.75, 3.05) is 6.61 Å². The van der Waals surface area contributed by atoms with E-state index in [9.17, 15) is 5.11 Å². The van der Waals surface area contributed by atoms with Crippen molar-refractivity contribution in [1.82, 2.24) is 15.1 Å². The molecule has 1 heterocycles. The van der Waals surface area contributed by atoms with E-state index in [0.29, 0.717) is 6.04 Å². The van der Waals surface area contributed by atoms with Gasteiger partial charge < -0.3 is 10.4 Å². The molecule has 1 rings (SSSR count). The first kappa shape index (κ1) is 17.2. The van der Waals surface area contributed by atoms with Gasteiger partial charge in [0.25, 0.3) is 0 Å². The fraction of sp³-hybridized carbons (Fsp3) is 0.812. The SMILES string of the molecule is CCC(CO)(CCCn1nc(C)c(C)c1C)NC(C)C. The van der Waals surface area contributed by atoms with Crippen molar-refractivity contribution in [3.8, 4) is 0 Å². The third-order valence-corrected chi connectivity index (χ3v) is 4.34. The van der Waals surface area contributed by atoms with E-state index in [-0.39, 0.29) is 12.1 Å². The number of nitrogens with one attached hydrogen (secondary N) is 1. The molecule has 0 saturated heterocycles. The van der Waals surface area contributed by atoms with Gasteiger partial charge in [-0.2, -0.15) is 5.10 Å². The lowest BCUT2D eigenvalue weighted by molar-refractivity contribution is 0.133. The molecule has 0 aliphatic carbocycles. The fourth-order valence-electron chi connectivity index (χ4n) is 2.77. The molecule has 0 bridgehead atoms. The number of hydrogen-bond donors (Lipinski definition) is 2. The van der Waals surface area contributed by atoms with E-state index in [1.165, 1.54) is 11.3 Å². The first-order valence-electron chi connectivity index (χ1n) is 7.74. The predicted octanol–water partition coefficient (Wildman–Crippen LogP) is 2.73. The van der Waals surface area contributed by atoms with Crippen molar-refractivity contribution in [3.05, 3.63) is 17.0 Å². The summed E-state index contributed by atoms with van der Waals surface area (Å²) < 4.78 is 2.10. The van der Waals surface area contributed by atoms with Gasteiger partial charge in [0.05, 0.1) is 12.3 Å². The van der Waals surface area contributed by atoms with Crippen LogP contribution in [0.1, 0.15) is 57.0 Å². The second kappa shape index (κ2) is 7.23. The molecule has 4 heteroatoms. The molecule has 1 aromatic rings. The lowest BCUT2D eigenvalue weighted by Crippen LogP contribution is -2.51. The molecule has 0 radical (unpaired) electrons. The highest BCUT2D eigenvalue weighted by molar-refractivity contribution is 5.22. The molecule has 0 spiro atoms. The number of aromatic nitrogens is 2. The first-order valence-corrected chi connectivity index (χ1v) is 7.74. The summed E-state index contributed by atoms with van der Waals surface area (Å²) in [5.74, 6) is 0. The van der Waals surface area contributed by atoms with E-state index < -0.39 is 0 Å². The Morgan fingerprint density at radius 3 is 2.35 bits per heavy atom. The summed E-state index contributed by atoms with van der Waals surface area (Å²) in [4.78, 5) is 0. The number of aryl methyl sites for hydroxylation is 2. The van der Waals surface area contributed by atoms with Gasteiger partial charge in [-0.05, 0) is 45.6 Å². The van der Waals surface area contributed by atoms with E-state index >= 15 is 0 Å². The molecule has 1 unspecified atom stereocenters. The molecule has 116 valence electrons. The highest BCUT2D eigenvalue weighted by atomic mass is 16.3. The van der Waals surface area contributed by atoms with Crippen molar-refractivity contribution in [2.24, 2.45) is 0 Å². The molecule has 4 nitrogen and oxygen atoms in total. The average Bonchev–Trinajstić information content (AvgIpc) is 2.65. The van der Waals surface area contributed by atoms with Gasteiger partial charge in [0.15, 0.2) is 0 Å².